The molecule has 2 amide bonds. The van der Waals surface area contributed by atoms with Gasteiger partial charge < -0.3 is 10.2 Å². The summed E-state index contributed by atoms with van der Waals surface area (Å²) in [6.07, 6.45) is 1.24. The Hall–Kier alpha value is -3.24. The van der Waals surface area contributed by atoms with Crippen molar-refractivity contribution in [1.82, 2.24) is 10.2 Å². The first kappa shape index (κ1) is 28.3. The second-order valence-electron chi connectivity index (χ2n) is 8.47. The van der Waals surface area contributed by atoms with Crippen LogP contribution in [0.25, 0.3) is 0 Å². The third kappa shape index (κ3) is 7.87. The molecule has 0 aromatic heterocycles. The molecule has 3 aromatic rings. The van der Waals surface area contributed by atoms with E-state index in [2.05, 4.69) is 21.2 Å². The molecule has 3 rings (SSSR count). The van der Waals surface area contributed by atoms with Crippen molar-refractivity contribution in [3.63, 3.8) is 0 Å². The van der Waals surface area contributed by atoms with Gasteiger partial charge in [-0.25, -0.2) is 12.8 Å². The molecule has 0 saturated carbocycles. The Labute approximate surface area is 225 Å². The van der Waals surface area contributed by atoms with Crippen LogP contribution in [0.4, 0.5) is 10.1 Å². The number of benzene rings is 3. The summed E-state index contributed by atoms with van der Waals surface area (Å²) in [6.45, 7) is 1.60. The second kappa shape index (κ2) is 12.8. The maximum atomic E-state index is 13.8. The number of likely N-dealkylation sites (N-methyl/N-ethyl adjacent to an activating group) is 1. The highest BCUT2D eigenvalue weighted by Crippen LogP contribution is 2.28. The monoisotopic (exact) mass is 589 g/mol. The van der Waals surface area contributed by atoms with Crippen LogP contribution in [0.3, 0.4) is 0 Å². The summed E-state index contributed by atoms with van der Waals surface area (Å²) in [5, 5.41) is 2.79. The van der Waals surface area contributed by atoms with E-state index in [-0.39, 0.29) is 18.9 Å². The van der Waals surface area contributed by atoms with Gasteiger partial charge in [0.1, 0.15) is 18.4 Å². The number of halogens is 2. The lowest BCUT2D eigenvalue weighted by molar-refractivity contribution is -0.140. The Morgan fingerprint density at radius 3 is 2.16 bits per heavy atom. The number of para-hydroxylation sites is 1. The maximum Gasteiger partial charge on any atom is 0.244 e. The maximum absolute atomic E-state index is 13.8. The highest BCUT2D eigenvalue weighted by atomic mass is 79.9. The first-order valence-corrected chi connectivity index (χ1v) is 14.3. The van der Waals surface area contributed by atoms with E-state index in [0.29, 0.717) is 22.3 Å². The molecule has 0 bridgehead atoms. The van der Waals surface area contributed by atoms with Gasteiger partial charge in [-0.3, -0.25) is 13.9 Å². The van der Waals surface area contributed by atoms with Crippen molar-refractivity contribution in [2.75, 3.05) is 23.7 Å². The van der Waals surface area contributed by atoms with E-state index in [0.717, 1.165) is 16.1 Å². The molecule has 0 spiro atoms. The molecule has 0 aliphatic carbocycles. The smallest absolute Gasteiger partial charge is 0.244 e. The molecule has 0 aliphatic rings. The van der Waals surface area contributed by atoms with Gasteiger partial charge >= 0.3 is 0 Å². The fourth-order valence-corrected chi connectivity index (χ4v) is 5.36. The Morgan fingerprint density at radius 1 is 0.946 bits per heavy atom. The van der Waals surface area contributed by atoms with Crippen molar-refractivity contribution < 1.29 is 22.4 Å². The van der Waals surface area contributed by atoms with Crippen molar-refractivity contribution in [3.8, 4) is 0 Å². The number of rotatable bonds is 11. The predicted molar refractivity (Wildman–Crippen MR) is 146 cm³/mol. The predicted octanol–water partition coefficient (Wildman–Crippen LogP) is 4.13. The zero-order valence-electron chi connectivity index (χ0n) is 20.6. The van der Waals surface area contributed by atoms with Gasteiger partial charge in [-0.15, -0.1) is 0 Å². The van der Waals surface area contributed by atoms with E-state index in [9.17, 15) is 22.4 Å². The fraction of sp³-hybridized carbons (Fsp3) is 0.259. The van der Waals surface area contributed by atoms with Gasteiger partial charge in [-0.2, -0.15) is 0 Å². The van der Waals surface area contributed by atoms with E-state index in [1.807, 2.05) is 30.3 Å². The average molecular weight is 591 g/mol. The molecule has 3 aromatic carbocycles. The van der Waals surface area contributed by atoms with Crippen LogP contribution in [0.2, 0.25) is 0 Å². The Balaban J connectivity index is 2.04. The average Bonchev–Trinajstić information content (AvgIpc) is 2.86. The molecular weight excluding hydrogens is 561 g/mol. The summed E-state index contributed by atoms with van der Waals surface area (Å²) < 4.78 is 40.6. The van der Waals surface area contributed by atoms with Crippen LogP contribution in [-0.4, -0.2) is 50.5 Å². The van der Waals surface area contributed by atoms with Crippen LogP contribution < -0.4 is 9.62 Å². The summed E-state index contributed by atoms with van der Waals surface area (Å²) in [4.78, 5) is 28.4. The molecule has 10 heteroatoms. The van der Waals surface area contributed by atoms with Gasteiger partial charge in [0, 0.05) is 24.0 Å². The van der Waals surface area contributed by atoms with E-state index < -0.39 is 34.3 Å². The number of anilines is 1. The van der Waals surface area contributed by atoms with Crippen LogP contribution in [0.1, 0.15) is 18.1 Å². The molecule has 0 aliphatic heterocycles. The SMILES string of the molecule is CCNC(=O)[C@@H](Cc1ccccc1)N(Cc1ccc(F)cc1)C(=O)CN(c1ccccc1Br)S(C)(=O)=O. The summed E-state index contributed by atoms with van der Waals surface area (Å²) >= 11 is 3.36. The fourth-order valence-electron chi connectivity index (χ4n) is 3.88. The molecule has 1 N–H and O–H groups in total. The molecule has 7 nitrogen and oxygen atoms in total. The number of carbonyl (C=O) groups is 2. The summed E-state index contributed by atoms with van der Waals surface area (Å²) in [6, 6.07) is 20.6. The summed E-state index contributed by atoms with van der Waals surface area (Å²) in [5.41, 5.74) is 1.74. The molecular formula is C27H29BrFN3O4S. The lowest BCUT2D eigenvalue weighted by Gasteiger charge is -2.33. The third-order valence-corrected chi connectivity index (χ3v) is 7.49. The molecule has 196 valence electrons. The number of sulfonamides is 1. The molecule has 0 fully saturated rings. The van der Waals surface area contributed by atoms with Gasteiger partial charge in [0.2, 0.25) is 21.8 Å². The van der Waals surface area contributed by atoms with Crippen LogP contribution in [0.15, 0.2) is 83.3 Å². The molecule has 0 saturated heterocycles. The highest BCUT2D eigenvalue weighted by molar-refractivity contribution is 9.10. The van der Waals surface area contributed by atoms with E-state index in [1.165, 1.54) is 29.2 Å². The lowest BCUT2D eigenvalue weighted by atomic mass is 10.0. The normalized spacial score (nSPS) is 12.0. The van der Waals surface area contributed by atoms with Crippen molar-refractivity contribution in [1.29, 1.82) is 0 Å². The number of hydrogen-bond acceptors (Lipinski definition) is 4. The second-order valence-corrected chi connectivity index (χ2v) is 11.2. The summed E-state index contributed by atoms with van der Waals surface area (Å²) in [5.74, 6) is -1.37. The van der Waals surface area contributed by atoms with Crippen LogP contribution in [-0.2, 0) is 32.6 Å². The minimum Gasteiger partial charge on any atom is -0.355 e. The van der Waals surface area contributed by atoms with Gasteiger partial charge in [0.05, 0.1) is 11.9 Å². The molecule has 1 atom stereocenters. The minimum absolute atomic E-state index is 0.0126. The number of amides is 2. The number of nitrogens with one attached hydrogen (secondary N) is 1. The zero-order chi connectivity index (χ0) is 27.0. The Kier molecular flexibility index (Phi) is 9.82. The van der Waals surface area contributed by atoms with Crippen LogP contribution in [0.5, 0.6) is 0 Å². The highest BCUT2D eigenvalue weighted by Gasteiger charge is 2.33. The van der Waals surface area contributed by atoms with Crippen LogP contribution in [0, 0.1) is 5.82 Å². The molecule has 0 heterocycles. The molecule has 0 unspecified atom stereocenters. The first-order valence-electron chi connectivity index (χ1n) is 11.7. The van der Waals surface area contributed by atoms with Crippen molar-refractivity contribution in [3.05, 3.63) is 100 Å². The summed E-state index contributed by atoms with van der Waals surface area (Å²) in [7, 11) is -3.86. The van der Waals surface area contributed by atoms with E-state index >= 15 is 0 Å². The largest absolute Gasteiger partial charge is 0.355 e. The first-order chi connectivity index (χ1) is 17.6. The number of carbonyl (C=O) groups excluding carboxylic acids is 2. The Morgan fingerprint density at radius 2 is 1.57 bits per heavy atom. The van der Waals surface area contributed by atoms with Gasteiger partial charge in [0.15, 0.2) is 0 Å². The van der Waals surface area contributed by atoms with Crippen molar-refractivity contribution >= 4 is 43.5 Å². The van der Waals surface area contributed by atoms with E-state index in [1.54, 1.807) is 31.2 Å². The van der Waals surface area contributed by atoms with Gasteiger partial charge in [0.25, 0.3) is 0 Å². The van der Waals surface area contributed by atoms with Crippen molar-refractivity contribution in [2.45, 2.75) is 25.9 Å². The van der Waals surface area contributed by atoms with Gasteiger partial charge in [-0.1, -0.05) is 54.6 Å². The van der Waals surface area contributed by atoms with Crippen molar-refractivity contribution in [2.24, 2.45) is 0 Å². The topological polar surface area (TPSA) is 86.8 Å². The third-order valence-electron chi connectivity index (χ3n) is 5.69. The number of nitrogens with zero attached hydrogens (tertiary/aromatic N) is 2. The minimum atomic E-state index is -3.86. The van der Waals surface area contributed by atoms with E-state index in [4.69, 9.17) is 0 Å². The number of hydrogen-bond donors (Lipinski definition) is 1. The lowest BCUT2D eigenvalue weighted by Crippen LogP contribution is -2.53. The standard InChI is InChI=1S/C27H29BrFN3O4S/c1-3-30-27(34)25(17-20-9-5-4-6-10-20)31(18-21-13-15-22(29)16-14-21)26(33)19-32(37(2,35)36)24-12-8-7-11-23(24)28/h4-16,25H,3,17-19H2,1-2H3,(H,30,34)/t25-/m1/s1. The van der Waals surface area contributed by atoms with Gasteiger partial charge in [-0.05, 0) is 58.2 Å². The molecule has 0 radical (unpaired) electrons. The molecule has 37 heavy (non-hydrogen) atoms. The zero-order valence-corrected chi connectivity index (χ0v) is 23.0. The Bertz CT molecular complexity index is 1320. The van der Waals surface area contributed by atoms with Crippen LogP contribution >= 0.6 is 15.9 Å². The quantitative estimate of drug-likeness (QED) is 0.364.